The van der Waals surface area contributed by atoms with Crippen LogP contribution >= 0.6 is 0 Å². The van der Waals surface area contributed by atoms with Gasteiger partial charge in [-0.2, -0.15) is 0 Å². The molecule has 112 valence electrons. The van der Waals surface area contributed by atoms with E-state index in [1.807, 2.05) is 24.3 Å². The third-order valence-corrected chi connectivity index (χ3v) is 5.55. The minimum absolute atomic E-state index is 0.380. The fraction of sp³-hybridized carbons (Fsp3) is 0.625. The normalized spacial score (nSPS) is 18.9. The quantitative estimate of drug-likeness (QED) is 0.840. The summed E-state index contributed by atoms with van der Waals surface area (Å²) < 4.78 is 17.7. The van der Waals surface area contributed by atoms with E-state index in [0.717, 1.165) is 17.2 Å². The van der Waals surface area contributed by atoms with Crippen molar-refractivity contribution in [1.29, 1.82) is 0 Å². The number of hydrogen-bond donors (Lipinski definition) is 1. The van der Waals surface area contributed by atoms with Gasteiger partial charge in [-0.15, -0.1) is 0 Å². The van der Waals surface area contributed by atoms with Crippen molar-refractivity contribution in [2.75, 3.05) is 19.4 Å². The Labute approximate surface area is 124 Å². The Morgan fingerprint density at radius 3 is 2.50 bits per heavy atom. The smallest absolute Gasteiger partial charge is 0.118 e. The third-order valence-electron chi connectivity index (χ3n) is 4.09. The molecule has 0 bridgehead atoms. The number of methoxy groups -OCH3 is 1. The zero-order valence-electron chi connectivity index (χ0n) is 12.4. The third kappa shape index (κ3) is 4.06. The van der Waals surface area contributed by atoms with Gasteiger partial charge in [0.1, 0.15) is 5.75 Å². The van der Waals surface area contributed by atoms with E-state index in [1.54, 1.807) is 7.11 Å². The molecule has 0 heterocycles. The lowest BCUT2D eigenvalue weighted by Crippen LogP contribution is -2.39. The molecule has 1 saturated carbocycles. The van der Waals surface area contributed by atoms with Crippen molar-refractivity contribution < 1.29 is 8.95 Å². The summed E-state index contributed by atoms with van der Waals surface area (Å²) in [6.07, 6.45) is 5.19. The van der Waals surface area contributed by atoms with Gasteiger partial charge in [0.05, 0.1) is 17.9 Å². The lowest BCUT2D eigenvalue weighted by atomic mass is 10.00. The summed E-state index contributed by atoms with van der Waals surface area (Å²) in [5.74, 6) is 2.21. The molecule has 0 amide bonds. The average molecular weight is 295 g/mol. The van der Waals surface area contributed by atoms with Crippen LogP contribution in [0.5, 0.6) is 5.75 Å². The monoisotopic (exact) mass is 295 g/mol. The highest BCUT2D eigenvalue weighted by molar-refractivity contribution is 7.85. The average Bonchev–Trinajstić information content (AvgIpc) is 3.01. The van der Waals surface area contributed by atoms with E-state index >= 15 is 0 Å². The van der Waals surface area contributed by atoms with Crippen molar-refractivity contribution in [1.82, 2.24) is 5.32 Å². The van der Waals surface area contributed by atoms with Gasteiger partial charge in [0.2, 0.25) is 0 Å². The maximum absolute atomic E-state index is 12.5. The minimum atomic E-state index is -0.939. The summed E-state index contributed by atoms with van der Waals surface area (Å²) in [7, 11) is 0.707. The van der Waals surface area contributed by atoms with Crippen LogP contribution in [0, 0.1) is 5.92 Å². The van der Waals surface area contributed by atoms with E-state index in [1.165, 1.54) is 25.7 Å². The number of ether oxygens (including phenoxy) is 1. The summed E-state index contributed by atoms with van der Waals surface area (Å²) >= 11 is 0. The van der Waals surface area contributed by atoms with Gasteiger partial charge in [-0.1, -0.05) is 19.8 Å². The van der Waals surface area contributed by atoms with E-state index in [9.17, 15) is 4.21 Å². The molecule has 1 aromatic rings. The summed E-state index contributed by atoms with van der Waals surface area (Å²) in [6.45, 7) is 3.07. The van der Waals surface area contributed by atoms with Crippen molar-refractivity contribution in [3.8, 4) is 5.75 Å². The Kier molecular flexibility index (Phi) is 6.05. The van der Waals surface area contributed by atoms with Gasteiger partial charge in [0, 0.05) is 16.7 Å². The van der Waals surface area contributed by atoms with Crippen LogP contribution in [-0.4, -0.2) is 29.7 Å². The maximum atomic E-state index is 12.5. The number of hydrogen-bond acceptors (Lipinski definition) is 3. The molecule has 2 atom stereocenters. The Bertz CT molecular complexity index is 427. The zero-order chi connectivity index (χ0) is 14.4. The molecule has 1 fully saturated rings. The standard InChI is InChI=1S/C16H25NO2S/c1-3-17-16(13-6-4-5-7-13)12-20(18)15-10-8-14(19-2)9-11-15/h8-11,13,16-17H,3-7,12H2,1-2H3. The number of nitrogens with one attached hydrogen (secondary N) is 1. The molecule has 20 heavy (non-hydrogen) atoms. The lowest BCUT2D eigenvalue weighted by Gasteiger charge is -2.23. The fourth-order valence-corrected chi connectivity index (χ4v) is 4.32. The maximum Gasteiger partial charge on any atom is 0.118 e. The van der Waals surface area contributed by atoms with Crippen molar-refractivity contribution in [3.63, 3.8) is 0 Å². The molecule has 0 aromatic heterocycles. The van der Waals surface area contributed by atoms with Crippen LogP contribution in [0.1, 0.15) is 32.6 Å². The summed E-state index contributed by atoms with van der Waals surface area (Å²) in [5, 5.41) is 3.53. The van der Waals surface area contributed by atoms with E-state index in [0.29, 0.717) is 17.7 Å². The zero-order valence-corrected chi connectivity index (χ0v) is 13.2. The first-order valence-electron chi connectivity index (χ1n) is 7.50. The van der Waals surface area contributed by atoms with Crippen LogP contribution in [0.15, 0.2) is 29.2 Å². The highest BCUT2D eigenvalue weighted by Crippen LogP contribution is 2.28. The van der Waals surface area contributed by atoms with Crippen LogP contribution in [0.25, 0.3) is 0 Å². The minimum Gasteiger partial charge on any atom is -0.497 e. The topological polar surface area (TPSA) is 38.3 Å². The Balaban J connectivity index is 1.99. The second-order valence-corrected chi connectivity index (χ2v) is 6.89. The molecule has 2 rings (SSSR count). The molecule has 2 unspecified atom stereocenters. The molecular formula is C16H25NO2S. The molecule has 4 heteroatoms. The summed E-state index contributed by atoms with van der Waals surface area (Å²) in [6, 6.07) is 7.96. The molecule has 0 aliphatic heterocycles. The Hall–Kier alpha value is -0.870. The SMILES string of the molecule is CCNC(CS(=O)c1ccc(OC)cc1)C1CCCC1. The van der Waals surface area contributed by atoms with Crippen LogP contribution in [0.3, 0.4) is 0 Å². The first-order chi connectivity index (χ1) is 9.74. The molecule has 1 aromatic carbocycles. The fourth-order valence-electron chi connectivity index (χ4n) is 2.97. The van der Waals surface area contributed by atoms with Gasteiger partial charge in [0.15, 0.2) is 0 Å². The van der Waals surface area contributed by atoms with Crippen molar-refractivity contribution in [2.24, 2.45) is 5.92 Å². The predicted molar refractivity (Wildman–Crippen MR) is 83.7 cm³/mol. The van der Waals surface area contributed by atoms with Crippen molar-refractivity contribution in [3.05, 3.63) is 24.3 Å². The van der Waals surface area contributed by atoms with Crippen LogP contribution in [0.2, 0.25) is 0 Å². The molecule has 0 saturated heterocycles. The van der Waals surface area contributed by atoms with E-state index < -0.39 is 10.8 Å². The van der Waals surface area contributed by atoms with E-state index in [-0.39, 0.29) is 0 Å². The largest absolute Gasteiger partial charge is 0.497 e. The molecule has 0 radical (unpaired) electrons. The van der Waals surface area contributed by atoms with Crippen LogP contribution in [0.4, 0.5) is 0 Å². The van der Waals surface area contributed by atoms with Crippen LogP contribution in [-0.2, 0) is 10.8 Å². The Morgan fingerprint density at radius 2 is 1.95 bits per heavy atom. The van der Waals surface area contributed by atoms with Crippen LogP contribution < -0.4 is 10.1 Å². The number of benzene rings is 1. The van der Waals surface area contributed by atoms with Crippen molar-refractivity contribution >= 4 is 10.8 Å². The first kappa shape index (κ1) is 15.5. The van der Waals surface area contributed by atoms with Gasteiger partial charge in [-0.25, -0.2) is 0 Å². The highest BCUT2D eigenvalue weighted by atomic mass is 32.2. The van der Waals surface area contributed by atoms with Gasteiger partial charge < -0.3 is 10.1 Å². The first-order valence-corrected chi connectivity index (χ1v) is 8.82. The second kappa shape index (κ2) is 7.79. The molecule has 1 N–H and O–H groups in total. The molecule has 1 aliphatic carbocycles. The summed E-state index contributed by atoms with van der Waals surface area (Å²) in [5.41, 5.74) is 0. The predicted octanol–water partition coefficient (Wildman–Crippen LogP) is 2.97. The molecule has 1 aliphatic rings. The van der Waals surface area contributed by atoms with Crippen molar-refractivity contribution in [2.45, 2.75) is 43.5 Å². The highest BCUT2D eigenvalue weighted by Gasteiger charge is 2.26. The van der Waals surface area contributed by atoms with Gasteiger partial charge in [-0.3, -0.25) is 4.21 Å². The summed E-state index contributed by atoms with van der Waals surface area (Å²) in [4.78, 5) is 0.895. The van der Waals surface area contributed by atoms with E-state index in [4.69, 9.17) is 4.74 Å². The second-order valence-electron chi connectivity index (χ2n) is 5.40. The number of rotatable bonds is 7. The van der Waals surface area contributed by atoms with Gasteiger partial charge in [0.25, 0.3) is 0 Å². The van der Waals surface area contributed by atoms with Gasteiger partial charge >= 0.3 is 0 Å². The van der Waals surface area contributed by atoms with E-state index in [2.05, 4.69) is 12.2 Å². The Morgan fingerprint density at radius 1 is 1.30 bits per heavy atom. The molecule has 3 nitrogen and oxygen atoms in total. The molecule has 0 spiro atoms. The lowest BCUT2D eigenvalue weighted by molar-refractivity contribution is 0.392. The molecular weight excluding hydrogens is 270 g/mol. The van der Waals surface area contributed by atoms with Gasteiger partial charge in [-0.05, 0) is 49.6 Å².